The third kappa shape index (κ3) is 8.54. The van der Waals surface area contributed by atoms with Crippen molar-refractivity contribution in [1.82, 2.24) is 15.6 Å². The molecule has 0 aliphatic carbocycles. The predicted octanol–water partition coefficient (Wildman–Crippen LogP) is 1.26. The van der Waals surface area contributed by atoms with Gasteiger partial charge in [-0.3, -0.25) is 14.5 Å². The van der Waals surface area contributed by atoms with Crippen molar-refractivity contribution >= 4 is 67.0 Å². The number of aliphatic imine (C=N–C) groups is 1. The molecule has 1 amide bonds. The van der Waals surface area contributed by atoms with Crippen LogP contribution in [-0.4, -0.2) is 75.1 Å². The number of piperazine rings is 1. The summed E-state index contributed by atoms with van der Waals surface area (Å²) >= 11 is 2.57. The van der Waals surface area contributed by atoms with Crippen LogP contribution in [0, 0.1) is 0 Å². The number of thiophene rings is 1. The number of hydrogen-bond donors (Lipinski definition) is 7. The molecule has 1 aromatic carbocycles. The Kier molecular flexibility index (Phi) is 10.6. The number of amides is 1. The zero-order valence-electron chi connectivity index (χ0n) is 22.6. The predicted molar refractivity (Wildman–Crippen MR) is 165 cm³/mol. The molecule has 4 rings (SSSR count). The highest BCUT2D eigenvalue weighted by molar-refractivity contribution is 7.92. The van der Waals surface area contributed by atoms with E-state index >= 15 is 0 Å². The van der Waals surface area contributed by atoms with Crippen molar-refractivity contribution < 1.29 is 23.1 Å². The summed E-state index contributed by atoms with van der Waals surface area (Å²) in [5.41, 5.74) is 12.0. The third-order valence-electron chi connectivity index (χ3n) is 6.21. The number of nitrogens with zero attached hydrogens (tertiary/aromatic N) is 3. The van der Waals surface area contributed by atoms with Crippen LogP contribution in [0.2, 0.25) is 0 Å². The van der Waals surface area contributed by atoms with Crippen molar-refractivity contribution in [2.45, 2.75) is 30.3 Å². The summed E-state index contributed by atoms with van der Waals surface area (Å²) in [6, 6.07) is 6.56. The molecule has 226 valence electrons. The van der Waals surface area contributed by atoms with Crippen LogP contribution in [0.15, 0.2) is 51.0 Å². The van der Waals surface area contributed by atoms with E-state index in [1.54, 1.807) is 28.8 Å². The maximum Gasteiger partial charge on any atom is 0.326 e. The summed E-state index contributed by atoms with van der Waals surface area (Å²) in [6.07, 6.45) is 0.408. The second kappa shape index (κ2) is 14.3. The zero-order chi connectivity index (χ0) is 30.1. The molecule has 1 atom stereocenters. The van der Waals surface area contributed by atoms with E-state index in [1.807, 2.05) is 5.38 Å². The smallest absolute Gasteiger partial charge is 0.326 e. The molecule has 1 fully saturated rings. The number of carboxylic acids is 1. The third-order valence-corrected chi connectivity index (χ3v) is 9.44. The molecule has 3 heterocycles. The Balaban J connectivity index is 1.37. The Morgan fingerprint density at radius 1 is 1.19 bits per heavy atom. The molecule has 0 saturated carbocycles. The number of carbonyl (C=O) groups excluding carboxylic acids is 1. The number of aromatic nitrogens is 1. The molecule has 0 spiro atoms. The highest BCUT2D eigenvalue weighted by atomic mass is 32.2. The van der Waals surface area contributed by atoms with Crippen LogP contribution in [0.25, 0.3) is 0 Å². The van der Waals surface area contributed by atoms with Gasteiger partial charge in [0.05, 0.1) is 22.8 Å². The lowest BCUT2D eigenvalue weighted by Crippen LogP contribution is -2.43. The van der Waals surface area contributed by atoms with E-state index < -0.39 is 27.9 Å². The van der Waals surface area contributed by atoms with Gasteiger partial charge in [0.2, 0.25) is 0 Å². The molecular formula is C25H33N9O5S3. The molecule has 1 unspecified atom stereocenters. The lowest BCUT2D eigenvalue weighted by atomic mass is 10.1. The minimum absolute atomic E-state index is 0.00649. The fourth-order valence-corrected chi connectivity index (χ4v) is 6.91. The number of carboxylic acid groups (broad SMARTS) is 1. The number of guanidine groups is 1. The van der Waals surface area contributed by atoms with Crippen molar-refractivity contribution in [3.05, 3.63) is 51.7 Å². The van der Waals surface area contributed by atoms with E-state index in [2.05, 4.69) is 35.5 Å². The molecule has 3 aromatic rings. The van der Waals surface area contributed by atoms with Crippen LogP contribution < -0.4 is 37.0 Å². The Hall–Kier alpha value is -3.93. The summed E-state index contributed by atoms with van der Waals surface area (Å²) in [5, 5.41) is 23.0. The highest BCUT2D eigenvalue weighted by Crippen LogP contribution is 2.27. The summed E-state index contributed by atoms with van der Waals surface area (Å²) in [6.45, 7) is 4.28. The van der Waals surface area contributed by atoms with Gasteiger partial charge in [0.1, 0.15) is 10.9 Å². The first kappa shape index (κ1) is 31.0. The van der Waals surface area contributed by atoms with Crippen molar-refractivity contribution in [3.8, 4) is 0 Å². The minimum Gasteiger partial charge on any atom is -0.480 e. The van der Waals surface area contributed by atoms with Gasteiger partial charge < -0.3 is 37.4 Å². The van der Waals surface area contributed by atoms with Crippen LogP contribution >= 0.6 is 22.7 Å². The Bertz CT molecular complexity index is 1510. The molecule has 1 aliphatic rings. The summed E-state index contributed by atoms with van der Waals surface area (Å²) in [5.74, 6) is -2.05. The van der Waals surface area contributed by atoms with Gasteiger partial charge in [0, 0.05) is 43.8 Å². The van der Waals surface area contributed by atoms with Gasteiger partial charge in [-0.25, -0.2) is 18.2 Å². The van der Waals surface area contributed by atoms with Gasteiger partial charge in [0.25, 0.3) is 15.9 Å². The first-order valence-electron chi connectivity index (χ1n) is 13.1. The number of rotatable bonds is 14. The number of benzene rings is 1. The molecular weight excluding hydrogens is 603 g/mol. The van der Waals surface area contributed by atoms with Crippen molar-refractivity contribution in [3.63, 3.8) is 0 Å². The second-order valence-electron chi connectivity index (χ2n) is 9.32. The van der Waals surface area contributed by atoms with E-state index in [1.165, 1.54) is 18.2 Å². The van der Waals surface area contributed by atoms with Gasteiger partial charge in [0.15, 0.2) is 11.1 Å². The molecule has 0 bridgehead atoms. The number of nitrogens with one attached hydrogen (secondary N) is 4. The largest absolute Gasteiger partial charge is 0.480 e. The zero-order valence-corrected chi connectivity index (χ0v) is 25.0. The number of anilines is 3. The second-order valence-corrected chi connectivity index (χ2v) is 12.8. The normalized spacial score (nSPS) is 14.1. The lowest BCUT2D eigenvalue weighted by Gasteiger charge is -2.26. The first-order chi connectivity index (χ1) is 20.1. The fraction of sp³-hybridized carbons (Fsp3) is 0.360. The SMILES string of the molecule is NC(N)=NCCCC(NC(=O)c1sccc1NS(=O)(=O)c1cccc(NCc2csc(N3CCNCC3)n2)c1)C(=O)O. The molecule has 14 nitrogen and oxygen atoms in total. The standard InChI is InChI=1S/C25H33N9O5S3/c26-24(27)29-7-2-5-20(23(36)37)32-22(35)21-19(6-12-40-21)33-42(38,39)18-4-1-3-16(13-18)30-14-17-15-41-25(31-17)34-10-8-28-9-11-34/h1,3-4,6,12-13,15,20,28,30,33H,2,5,7-11,14H2,(H,32,35)(H,36,37)(H4,26,27,29). The van der Waals surface area contributed by atoms with E-state index in [9.17, 15) is 23.1 Å². The Labute approximate surface area is 251 Å². The van der Waals surface area contributed by atoms with Crippen LogP contribution in [0.5, 0.6) is 0 Å². The van der Waals surface area contributed by atoms with Crippen LogP contribution in [-0.2, 0) is 21.4 Å². The van der Waals surface area contributed by atoms with E-state index in [0.29, 0.717) is 18.7 Å². The molecule has 2 aromatic heterocycles. The molecule has 9 N–H and O–H groups in total. The topological polar surface area (TPSA) is 217 Å². The summed E-state index contributed by atoms with van der Waals surface area (Å²) < 4.78 is 28.9. The quantitative estimate of drug-likeness (QED) is 0.0760. The van der Waals surface area contributed by atoms with Gasteiger partial charge in [-0.15, -0.1) is 22.7 Å². The van der Waals surface area contributed by atoms with Crippen LogP contribution in [0.4, 0.5) is 16.5 Å². The van der Waals surface area contributed by atoms with Crippen LogP contribution in [0.1, 0.15) is 28.2 Å². The first-order valence-corrected chi connectivity index (χ1v) is 16.3. The molecule has 0 radical (unpaired) electrons. The number of hydrogen-bond acceptors (Lipinski definition) is 11. The number of sulfonamides is 1. The maximum absolute atomic E-state index is 13.2. The van der Waals surface area contributed by atoms with Gasteiger partial charge in [-0.1, -0.05) is 6.07 Å². The molecule has 17 heteroatoms. The van der Waals surface area contributed by atoms with E-state index in [0.717, 1.165) is 48.3 Å². The lowest BCUT2D eigenvalue weighted by molar-refractivity contribution is -0.139. The minimum atomic E-state index is -4.07. The van der Waals surface area contributed by atoms with Crippen molar-refractivity contribution in [1.29, 1.82) is 0 Å². The molecule has 42 heavy (non-hydrogen) atoms. The van der Waals surface area contributed by atoms with Crippen molar-refractivity contribution in [2.24, 2.45) is 16.5 Å². The Morgan fingerprint density at radius 3 is 2.71 bits per heavy atom. The van der Waals surface area contributed by atoms with Crippen molar-refractivity contribution in [2.75, 3.05) is 47.7 Å². The number of carbonyl (C=O) groups is 2. The Morgan fingerprint density at radius 2 is 1.98 bits per heavy atom. The number of thiazole rings is 1. The fourth-order valence-electron chi connectivity index (χ4n) is 4.10. The van der Waals surface area contributed by atoms with E-state index in [4.69, 9.17) is 11.5 Å². The monoisotopic (exact) mass is 635 g/mol. The average Bonchev–Trinajstić information content (AvgIpc) is 3.63. The van der Waals surface area contributed by atoms with Crippen LogP contribution in [0.3, 0.4) is 0 Å². The molecule has 1 aliphatic heterocycles. The summed E-state index contributed by atoms with van der Waals surface area (Å²) in [7, 11) is -4.07. The average molecular weight is 636 g/mol. The number of nitrogens with two attached hydrogens (primary N) is 2. The maximum atomic E-state index is 13.2. The summed E-state index contributed by atoms with van der Waals surface area (Å²) in [4.78, 5) is 35.3. The number of aliphatic carboxylic acids is 1. The molecule has 1 saturated heterocycles. The van der Waals surface area contributed by atoms with Gasteiger partial charge in [-0.2, -0.15) is 0 Å². The van der Waals surface area contributed by atoms with Gasteiger partial charge in [-0.05, 0) is 42.5 Å². The highest BCUT2D eigenvalue weighted by Gasteiger charge is 2.25. The van der Waals surface area contributed by atoms with Gasteiger partial charge >= 0.3 is 5.97 Å². The van der Waals surface area contributed by atoms with E-state index in [-0.39, 0.29) is 34.4 Å².